The van der Waals surface area contributed by atoms with Crippen LogP contribution in [0.1, 0.15) is 25.3 Å². The molecule has 0 unspecified atom stereocenters. The fraction of sp³-hybridized carbons (Fsp3) is 0.400. The lowest BCUT2D eigenvalue weighted by molar-refractivity contribution is -0.275. The Balaban J connectivity index is 3.05. The molecular formula is C10H10F4O. The van der Waals surface area contributed by atoms with Gasteiger partial charge in [-0.3, -0.25) is 0 Å². The normalized spacial score (nSPS) is 11.9. The van der Waals surface area contributed by atoms with Crippen molar-refractivity contribution in [1.82, 2.24) is 0 Å². The Bertz CT molecular complexity index is 344. The van der Waals surface area contributed by atoms with Gasteiger partial charge in [0.2, 0.25) is 0 Å². The molecule has 0 heterocycles. The Morgan fingerprint density at radius 1 is 1.20 bits per heavy atom. The van der Waals surface area contributed by atoms with E-state index >= 15 is 0 Å². The average Bonchev–Trinajstić information content (AvgIpc) is 2.05. The van der Waals surface area contributed by atoms with Gasteiger partial charge in [-0.2, -0.15) is 0 Å². The van der Waals surface area contributed by atoms with Gasteiger partial charge in [-0.05, 0) is 17.5 Å². The van der Waals surface area contributed by atoms with Gasteiger partial charge in [0, 0.05) is 0 Å². The van der Waals surface area contributed by atoms with Crippen molar-refractivity contribution in [2.24, 2.45) is 0 Å². The van der Waals surface area contributed by atoms with Gasteiger partial charge < -0.3 is 4.74 Å². The summed E-state index contributed by atoms with van der Waals surface area (Å²) >= 11 is 0. The molecule has 1 nitrogen and oxygen atoms in total. The molecule has 0 amide bonds. The summed E-state index contributed by atoms with van der Waals surface area (Å²) in [4.78, 5) is 0. The molecule has 0 spiro atoms. The van der Waals surface area contributed by atoms with Crippen molar-refractivity contribution in [3.8, 4) is 5.75 Å². The molecule has 0 saturated carbocycles. The van der Waals surface area contributed by atoms with Crippen molar-refractivity contribution in [2.75, 3.05) is 0 Å². The summed E-state index contributed by atoms with van der Waals surface area (Å²) in [5.74, 6) is -1.93. The highest BCUT2D eigenvalue weighted by atomic mass is 19.4. The third kappa shape index (κ3) is 3.11. The van der Waals surface area contributed by atoms with Gasteiger partial charge in [0.1, 0.15) is 0 Å². The van der Waals surface area contributed by atoms with Gasteiger partial charge in [-0.1, -0.05) is 26.0 Å². The second kappa shape index (κ2) is 4.08. The minimum Gasteiger partial charge on any atom is -0.403 e. The molecule has 0 atom stereocenters. The summed E-state index contributed by atoms with van der Waals surface area (Å²) in [5.41, 5.74) is 0.205. The van der Waals surface area contributed by atoms with Crippen LogP contribution >= 0.6 is 0 Å². The van der Waals surface area contributed by atoms with Gasteiger partial charge in [0.15, 0.2) is 11.6 Å². The summed E-state index contributed by atoms with van der Waals surface area (Å²) in [6, 6.07) is 3.72. The molecule has 0 radical (unpaired) electrons. The van der Waals surface area contributed by atoms with Crippen LogP contribution in [0.15, 0.2) is 18.2 Å². The molecule has 1 rings (SSSR count). The summed E-state index contributed by atoms with van der Waals surface area (Å²) < 4.78 is 52.6. The maximum atomic E-state index is 13.4. The summed E-state index contributed by atoms with van der Waals surface area (Å²) in [5, 5.41) is 0. The van der Waals surface area contributed by atoms with Crippen molar-refractivity contribution in [3.05, 3.63) is 29.6 Å². The van der Waals surface area contributed by atoms with E-state index in [4.69, 9.17) is 0 Å². The number of rotatable bonds is 2. The first kappa shape index (κ1) is 11.8. The van der Waals surface area contributed by atoms with E-state index in [1.54, 1.807) is 13.8 Å². The largest absolute Gasteiger partial charge is 0.573 e. The Morgan fingerprint density at radius 2 is 1.80 bits per heavy atom. The van der Waals surface area contributed by atoms with Crippen molar-refractivity contribution in [3.63, 3.8) is 0 Å². The predicted octanol–water partition coefficient (Wildman–Crippen LogP) is 3.85. The smallest absolute Gasteiger partial charge is 0.403 e. The maximum absolute atomic E-state index is 13.4. The highest BCUT2D eigenvalue weighted by molar-refractivity contribution is 5.32. The lowest BCUT2D eigenvalue weighted by atomic mass is 10.0. The fourth-order valence-corrected chi connectivity index (χ4v) is 1.18. The Hall–Kier alpha value is -1.26. The number of benzene rings is 1. The zero-order chi connectivity index (χ0) is 11.6. The summed E-state index contributed by atoms with van der Waals surface area (Å²) in [7, 11) is 0. The van der Waals surface area contributed by atoms with Gasteiger partial charge in [-0.25, -0.2) is 4.39 Å². The molecule has 0 aliphatic rings. The van der Waals surface area contributed by atoms with Gasteiger partial charge in [-0.15, -0.1) is 13.2 Å². The highest BCUT2D eigenvalue weighted by Crippen LogP contribution is 2.30. The first-order valence-electron chi connectivity index (χ1n) is 4.35. The molecule has 0 saturated heterocycles. The minimum atomic E-state index is -4.86. The van der Waals surface area contributed by atoms with E-state index in [1.807, 2.05) is 0 Å². The van der Waals surface area contributed by atoms with Crippen molar-refractivity contribution in [2.45, 2.75) is 26.1 Å². The standard InChI is InChI=1S/C10H10F4O/c1-6(2)7-4-3-5-8(9(7)11)15-10(12,13)14/h3-6H,1-2H3. The van der Waals surface area contributed by atoms with Crippen LogP contribution in [-0.4, -0.2) is 6.36 Å². The van der Waals surface area contributed by atoms with Crippen LogP contribution in [-0.2, 0) is 0 Å². The Morgan fingerprint density at radius 3 is 2.27 bits per heavy atom. The van der Waals surface area contributed by atoms with Crippen LogP contribution in [0.25, 0.3) is 0 Å². The van der Waals surface area contributed by atoms with Crippen LogP contribution < -0.4 is 4.74 Å². The SMILES string of the molecule is CC(C)c1cccc(OC(F)(F)F)c1F. The molecule has 0 bridgehead atoms. The average molecular weight is 222 g/mol. The van der Waals surface area contributed by atoms with Crippen LogP contribution in [0.2, 0.25) is 0 Å². The first-order valence-corrected chi connectivity index (χ1v) is 4.35. The number of halogens is 4. The topological polar surface area (TPSA) is 9.23 Å². The minimum absolute atomic E-state index is 0.193. The maximum Gasteiger partial charge on any atom is 0.573 e. The van der Waals surface area contributed by atoms with Crippen LogP contribution in [0.3, 0.4) is 0 Å². The van der Waals surface area contributed by atoms with Crippen molar-refractivity contribution >= 4 is 0 Å². The lowest BCUT2D eigenvalue weighted by Gasteiger charge is -2.13. The summed E-state index contributed by atoms with van der Waals surface area (Å²) in [6.07, 6.45) is -4.86. The van der Waals surface area contributed by atoms with Crippen LogP contribution in [0.5, 0.6) is 5.75 Å². The molecule has 1 aromatic carbocycles. The molecule has 0 aromatic heterocycles. The lowest BCUT2D eigenvalue weighted by Crippen LogP contribution is -2.18. The van der Waals surface area contributed by atoms with E-state index in [2.05, 4.69) is 4.74 Å². The van der Waals surface area contributed by atoms with Crippen LogP contribution in [0.4, 0.5) is 17.6 Å². The van der Waals surface area contributed by atoms with E-state index in [0.29, 0.717) is 0 Å². The quantitative estimate of drug-likeness (QED) is 0.690. The third-order valence-electron chi connectivity index (χ3n) is 1.84. The number of alkyl halides is 3. The molecule has 0 N–H and O–H groups in total. The first-order chi connectivity index (χ1) is 6.81. The van der Waals surface area contributed by atoms with E-state index in [1.165, 1.54) is 12.1 Å². The molecule has 5 heteroatoms. The Kier molecular flexibility index (Phi) is 3.21. The zero-order valence-corrected chi connectivity index (χ0v) is 8.23. The molecule has 84 valence electrons. The van der Waals surface area contributed by atoms with E-state index in [-0.39, 0.29) is 11.5 Å². The van der Waals surface area contributed by atoms with Gasteiger partial charge >= 0.3 is 6.36 Å². The predicted molar refractivity (Wildman–Crippen MR) is 47.2 cm³/mol. The summed E-state index contributed by atoms with van der Waals surface area (Å²) in [6.45, 7) is 3.38. The van der Waals surface area contributed by atoms with Gasteiger partial charge in [0.05, 0.1) is 0 Å². The van der Waals surface area contributed by atoms with Gasteiger partial charge in [0.25, 0.3) is 0 Å². The van der Waals surface area contributed by atoms with Crippen molar-refractivity contribution in [1.29, 1.82) is 0 Å². The number of hydrogen-bond acceptors (Lipinski definition) is 1. The Labute approximate surface area is 84.7 Å². The molecule has 0 aliphatic heterocycles. The van der Waals surface area contributed by atoms with Crippen molar-refractivity contribution < 1.29 is 22.3 Å². The molecule has 15 heavy (non-hydrogen) atoms. The van der Waals surface area contributed by atoms with E-state index < -0.39 is 17.9 Å². The molecule has 0 fully saturated rings. The molecule has 0 aliphatic carbocycles. The number of ether oxygens (including phenoxy) is 1. The van der Waals surface area contributed by atoms with E-state index in [0.717, 1.165) is 6.07 Å². The molecule has 1 aromatic rings. The second-order valence-electron chi connectivity index (χ2n) is 3.36. The molecular weight excluding hydrogens is 212 g/mol. The van der Waals surface area contributed by atoms with E-state index in [9.17, 15) is 17.6 Å². The fourth-order valence-electron chi connectivity index (χ4n) is 1.18. The number of hydrogen-bond donors (Lipinski definition) is 0. The second-order valence-corrected chi connectivity index (χ2v) is 3.36. The third-order valence-corrected chi connectivity index (χ3v) is 1.84. The monoisotopic (exact) mass is 222 g/mol. The zero-order valence-electron chi connectivity index (χ0n) is 8.23. The van der Waals surface area contributed by atoms with Crippen LogP contribution in [0, 0.1) is 5.82 Å². The highest BCUT2D eigenvalue weighted by Gasteiger charge is 2.32.